The second-order valence-electron chi connectivity index (χ2n) is 4.61. The first-order valence-corrected chi connectivity index (χ1v) is 6.08. The summed E-state index contributed by atoms with van der Waals surface area (Å²) in [4.78, 5) is 11.4. The molecule has 4 N–H and O–H groups in total. The number of aromatic nitrogens is 2. The summed E-state index contributed by atoms with van der Waals surface area (Å²) in [5.74, 6) is 0.830. The van der Waals surface area contributed by atoms with Crippen LogP contribution in [0.5, 0.6) is 0 Å². The number of anilines is 1. The van der Waals surface area contributed by atoms with Crippen LogP contribution in [0.3, 0.4) is 0 Å². The smallest absolute Gasteiger partial charge is 0.315 e. The first kappa shape index (κ1) is 14.4. The summed E-state index contributed by atoms with van der Waals surface area (Å²) in [5.41, 5.74) is 5.58. The Morgan fingerprint density at radius 1 is 1.39 bits per heavy atom. The van der Waals surface area contributed by atoms with E-state index in [0.717, 1.165) is 0 Å². The lowest BCUT2D eigenvalue weighted by Gasteiger charge is -2.07. The molecule has 1 unspecified atom stereocenters. The minimum absolute atomic E-state index is 0.00290. The number of hydrogen-bond acceptors (Lipinski definition) is 6. The molecule has 102 valence electrons. The van der Waals surface area contributed by atoms with Gasteiger partial charge in [-0.3, -0.25) is 4.79 Å². The van der Waals surface area contributed by atoms with E-state index in [0.29, 0.717) is 37.3 Å². The molecule has 0 saturated carbocycles. The summed E-state index contributed by atoms with van der Waals surface area (Å²) < 4.78 is 5.24. The maximum Gasteiger partial charge on any atom is 0.315 e. The van der Waals surface area contributed by atoms with Crippen molar-refractivity contribution in [3.05, 3.63) is 5.89 Å². The van der Waals surface area contributed by atoms with Crippen LogP contribution in [0.25, 0.3) is 0 Å². The molecular weight excluding hydrogens is 234 g/mol. The van der Waals surface area contributed by atoms with E-state index < -0.39 is 0 Å². The molecule has 0 saturated heterocycles. The maximum atomic E-state index is 11.4. The largest absolute Gasteiger partial charge is 0.406 e. The average molecular weight is 255 g/mol. The Morgan fingerprint density at radius 2 is 2.11 bits per heavy atom. The monoisotopic (exact) mass is 255 g/mol. The third kappa shape index (κ3) is 5.13. The Hall–Kier alpha value is -1.63. The van der Waals surface area contributed by atoms with Gasteiger partial charge in [-0.1, -0.05) is 18.9 Å². The van der Waals surface area contributed by atoms with Gasteiger partial charge in [0.25, 0.3) is 0 Å². The van der Waals surface area contributed by atoms with E-state index in [4.69, 9.17) is 10.2 Å². The van der Waals surface area contributed by atoms with Crippen LogP contribution >= 0.6 is 0 Å². The zero-order valence-electron chi connectivity index (χ0n) is 11.1. The van der Waals surface area contributed by atoms with Crippen molar-refractivity contribution >= 4 is 11.9 Å². The predicted molar refractivity (Wildman–Crippen MR) is 67.9 cm³/mol. The minimum atomic E-state index is -0.289. The summed E-state index contributed by atoms with van der Waals surface area (Å²) in [6.45, 7) is 6.99. The molecule has 0 fully saturated rings. The molecule has 0 spiro atoms. The molecule has 0 radical (unpaired) electrons. The molecular formula is C11H21N5O2. The number of amides is 1. The Bertz CT molecular complexity index is 375. The quantitative estimate of drug-likeness (QED) is 0.661. The SMILES string of the molecule is CC(C)CNC(=O)CCNc1nnc(C(C)N)o1. The second-order valence-corrected chi connectivity index (χ2v) is 4.61. The lowest BCUT2D eigenvalue weighted by atomic mass is 10.2. The van der Waals surface area contributed by atoms with Gasteiger partial charge in [-0.2, -0.15) is 0 Å². The van der Waals surface area contributed by atoms with Crippen molar-refractivity contribution in [2.24, 2.45) is 11.7 Å². The predicted octanol–water partition coefficient (Wildman–Crippen LogP) is 0.664. The number of rotatable bonds is 7. The lowest BCUT2D eigenvalue weighted by Crippen LogP contribution is -2.28. The van der Waals surface area contributed by atoms with Gasteiger partial charge >= 0.3 is 6.01 Å². The van der Waals surface area contributed by atoms with Crippen molar-refractivity contribution in [2.75, 3.05) is 18.4 Å². The van der Waals surface area contributed by atoms with Crippen molar-refractivity contribution in [1.82, 2.24) is 15.5 Å². The highest BCUT2D eigenvalue weighted by Crippen LogP contribution is 2.10. The maximum absolute atomic E-state index is 11.4. The van der Waals surface area contributed by atoms with E-state index in [9.17, 15) is 4.79 Å². The molecule has 1 atom stereocenters. The summed E-state index contributed by atoms with van der Waals surface area (Å²) >= 11 is 0. The fraction of sp³-hybridized carbons (Fsp3) is 0.727. The number of hydrogen-bond donors (Lipinski definition) is 3. The Kier molecular flexibility index (Phi) is 5.57. The van der Waals surface area contributed by atoms with Gasteiger partial charge in [-0.15, -0.1) is 5.10 Å². The van der Waals surface area contributed by atoms with E-state index in [2.05, 4.69) is 20.8 Å². The van der Waals surface area contributed by atoms with Crippen molar-refractivity contribution in [1.29, 1.82) is 0 Å². The minimum Gasteiger partial charge on any atom is -0.406 e. The van der Waals surface area contributed by atoms with Gasteiger partial charge in [0.05, 0.1) is 6.04 Å². The third-order valence-corrected chi connectivity index (χ3v) is 2.17. The molecule has 0 aliphatic rings. The van der Waals surface area contributed by atoms with Gasteiger partial charge in [0.2, 0.25) is 11.8 Å². The van der Waals surface area contributed by atoms with E-state index in [1.807, 2.05) is 13.8 Å². The fourth-order valence-corrected chi connectivity index (χ4v) is 1.18. The first-order chi connectivity index (χ1) is 8.49. The van der Waals surface area contributed by atoms with Crippen LogP contribution in [0.15, 0.2) is 4.42 Å². The highest BCUT2D eigenvalue weighted by atomic mass is 16.4. The molecule has 7 nitrogen and oxygen atoms in total. The molecule has 1 heterocycles. The normalized spacial score (nSPS) is 12.5. The topological polar surface area (TPSA) is 106 Å². The van der Waals surface area contributed by atoms with Crippen LogP contribution in [0, 0.1) is 5.92 Å². The van der Waals surface area contributed by atoms with Crippen LogP contribution < -0.4 is 16.4 Å². The second kappa shape index (κ2) is 6.95. The molecule has 0 aromatic carbocycles. The lowest BCUT2D eigenvalue weighted by molar-refractivity contribution is -0.120. The van der Waals surface area contributed by atoms with Crippen LogP contribution in [-0.4, -0.2) is 29.2 Å². The first-order valence-electron chi connectivity index (χ1n) is 6.08. The molecule has 1 amide bonds. The zero-order chi connectivity index (χ0) is 13.5. The van der Waals surface area contributed by atoms with Crippen molar-refractivity contribution in [3.8, 4) is 0 Å². The van der Waals surface area contributed by atoms with Crippen LogP contribution in [0.1, 0.15) is 39.1 Å². The molecule has 1 aromatic heterocycles. The Balaban J connectivity index is 2.22. The summed E-state index contributed by atoms with van der Waals surface area (Å²) in [6, 6.07) is 0.00125. The van der Waals surface area contributed by atoms with Gasteiger partial charge in [0, 0.05) is 19.5 Å². The van der Waals surface area contributed by atoms with Crippen molar-refractivity contribution in [3.63, 3.8) is 0 Å². The summed E-state index contributed by atoms with van der Waals surface area (Å²) in [6.07, 6.45) is 0.364. The van der Waals surface area contributed by atoms with E-state index in [1.54, 1.807) is 6.92 Å². The molecule has 18 heavy (non-hydrogen) atoms. The summed E-state index contributed by atoms with van der Waals surface area (Å²) in [5, 5.41) is 13.2. The average Bonchev–Trinajstić information content (AvgIpc) is 2.75. The Morgan fingerprint density at radius 3 is 2.67 bits per heavy atom. The molecule has 0 aliphatic heterocycles. The summed E-state index contributed by atoms with van der Waals surface area (Å²) in [7, 11) is 0. The van der Waals surface area contributed by atoms with Gasteiger partial charge in [0.1, 0.15) is 0 Å². The number of nitrogens with two attached hydrogens (primary N) is 1. The van der Waals surface area contributed by atoms with Crippen LogP contribution in [0.2, 0.25) is 0 Å². The van der Waals surface area contributed by atoms with Crippen molar-refractivity contribution in [2.45, 2.75) is 33.2 Å². The molecule has 0 bridgehead atoms. The van der Waals surface area contributed by atoms with Gasteiger partial charge in [-0.25, -0.2) is 0 Å². The highest BCUT2D eigenvalue weighted by molar-refractivity contribution is 5.76. The van der Waals surface area contributed by atoms with Gasteiger partial charge in [-0.05, 0) is 12.8 Å². The standard InChI is InChI=1S/C11H21N5O2/c1-7(2)6-14-9(17)4-5-13-11-16-15-10(18-11)8(3)12/h7-8H,4-6,12H2,1-3H3,(H,13,16)(H,14,17). The Labute approximate surface area is 107 Å². The van der Waals surface area contributed by atoms with Gasteiger partial charge < -0.3 is 20.8 Å². The zero-order valence-corrected chi connectivity index (χ0v) is 11.1. The molecule has 1 aromatic rings. The highest BCUT2D eigenvalue weighted by Gasteiger charge is 2.09. The van der Waals surface area contributed by atoms with Crippen LogP contribution in [-0.2, 0) is 4.79 Å². The number of nitrogens with zero attached hydrogens (tertiary/aromatic N) is 2. The van der Waals surface area contributed by atoms with Gasteiger partial charge in [0.15, 0.2) is 0 Å². The third-order valence-electron chi connectivity index (χ3n) is 2.17. The van der Waals surface area contributed by atoms with E-state index in [1.165, 1.54) is 0 Å². The molecule has 7 heteroatoms. The van der Waals surface area contributed by atoms with Crippen molar-refractivity contribution < 1.29 is 9.21 Å². The molecule has 1 rings (SSSR count). The van der Waals surface area contributed by atoms with E-state index >= 15 is 0 Å². The number of carbonyl (C=O) groups is 1. The van der Waals surface area contributed by atoms with E-state index in [-0.39, 0.29) is 11.9 Å². The van der Waals surface area contributed by atoms with Crippen LogP contribution in [0.4, 0.5) is 6.01 Å². The molecule has 0 aliphatic carbocycles. The fourth-order valence-electron chi connectivity index (χ4n) is 1.18. The number of nitrogens with one attached hydrogen (secondary N) is 2. The number of carbonyl (C=O) groups excluding carboxylic acids is 1.